The molecule has 0 aliphatic carbocycles. The van der Waals surface area contributed by atoms with E-state index in [4.69, 9.17) is 15.2 Å². The Hall–Kier alpha value is -4.94. The van der Waals surface area contributed by atoms with Gasteiger partial charge in [-0.05, 0) is 53.6 Å². The van der Waals surface area contributed by atoms with E-state index in [2.05, 4.69) is 35.8 Å². The summed E-state index contributed by atoms with van der Waals surface area (Å²) in [6.07, 6.45) is 1.27. The molecule has 13 nitrogen and oxygen atoms in total. The smallest absolute Gasteiger partial charge is 0.294 e. The fourth-order valence-electron chi connectivity index (χ4n) is 3.08. The van der Waals surface area contributed by atoms with E-state index in [-0.39, 0.29) is 34.5 Å². The van der Waals surface area contributed by atoms with Crippen LogP contribution in [0.25, 0.3) is 17.1 Å². The van der Waals surface area contributed by atoms with Gasteiger partial charge in [-0.25, -0.2) is 10.1 Å². The number of hydrogen-bond acceptors (Lipinski definition) is 11. The molecular formula is C21H20N8O5. The Morgan fingerprint density at radius 1 is 1.26 bits per heavy atom. The van der Waals surface area contributed by atoms with Gasteiger partial charge in [-0.15, -0.1) is 5.10 Å². The zero-order valence-electron chi connectivity index (χ0n) is 18.2. The maximum atomic E-state index is 12.9. The fraction of sp³-hybridized carbons (Fsp3) is 0.143. The molecule has 4 rings (SSSR count). The van der Waals surface area contributed by atoms with Gasteiger partial charge in [0.25, 0.3) is 5.91 Å². The number of rotatable bonds is 8. The minimum atomic E-state index is -0.663. The molecule has 4 aromatic rings. The summed E-state index contributed by atoms with van der Waals surface area (Å²) in [7, 11) is 1.43. The number of para-hydroxylation sites is 1. The lowest BCUT2D eigenvalue weighted by molar-refractivity contribution is 0.0950. The maximum absolute atomic E-state index is 12.9. The van der Waals surface area contributed by atoms with E-state index in [9.17, 15) is 9.90 Å². The van der Waals surface area contributed by atoms with Gasteiger partial charge in [0.1, 0.15) is 11.4 Å². The van der Waals surface area contributed by atoms with Crippen molar-refractivity contribution in [2.75, 3.05) is 19.5 Å². The molecule has 1 amide bonds. The highest BCUT2D eigenvalue weighted by Crippen LogP contribution is 2.29. The Morgan fingerprint density at radius 2 is 2.06 bits per heavy atom. The van der Waals surface area contributed by atoms with E-state index in [1.807, 2.05) is 6.92 Å². The van der Waals surface area contributed by atoms with Crippen LogP contribution in [0.4, 0.5) is 5.82 Å². The van der Waals surface area contributed by atoms with Crippen LogP contribution in [-0.2, 0) is 0 Å². The summed E-state index contributed by atoms with van der Waals surface area (Å²) in [5.74, 6) is 0.189. The SMILES string of the molecule is CCOc1ccc(-c2c(C(=O)N/N=C/c3cccc(OC)c3O)nnn2-c2nonc2N)cc1. The van der Waals surface area contributed by atoms with E-state index in [1.165, 1.54) is 18.0 Å². The molecular weight excluding hydrogens is 444 g/mol. The molecule has 174 valence electrons. The van der Waals surface area contributed by atoms with Crippen LogP contribution in [0.15, 0.2) is 52.2 Å². The summed E-state index contributed by atoms with van der Waals surface area (Å²) in [5, 5.41) is 29.3. The largest absolute Gasteiger partial charge is 0.504 e. The number of phenols is 1. The number of amides is 1. The van der Waals surface area contributed by atoms with Crippen LogP contribution in [0.1, 0.15) is 23.0 Å². The third-order valence-corrected chi connectivity index (χ3v) is 4.64. The van der Waals surface area contributed by atoms with Crippen molar-refractivity contribution in [2.45, 2.75) is 6.92 Å². The summed E-state index contributed by atoms with van der Waals surface area (Å²) in [5.41, 5.74) is 9.34. The van der Waals surface area contributed by atoms with Crippen LogP contribution in [0.2, 0.25) is 0 Å². The molecule has 2 aromatic carbocycles. The first-order valence-electron chi connectivity index (χ1n) is 10.00. The molecule has 0 bridgehead atoms. The van der Waals surface area contributed by atoms with Gasteiger partial charge in [0.2, 0.25) is 11.6 Å². The number of nitrogens with one attached hydrogen (secondary N) is 1. The van der Waals surface area contributed by atoms with Crippen LogP contribution in [0.5, 0.6) is 17.2 Å². The number of methoxy groups -OCH3 is 1. The minimum Gasteiger partial charge on any atom is -0.504 e. The number of aromatic nitrogens is 5. The quantitative estimate of drug-likeness (QED) is 0.257. The second-order valence-corrected chi connectivity index (χ2v) is 6.73. The molecule has 0 unspecified atom stereocenters. The van der Waals surface area contributed by atoms with Gasteiger partial charge in [-0.3, -0.25) is 4.79 Å². The molecule has 13 heteroatoms. The molecule has 0 saturated heterocycles. The Morgan fingerprint density at radius 3 is 2.74 bits per heavy atom. The van der Waals surface area contributed by atoms with Crippen molar-refractivity contribution in [3.05, 3.63) is 53.7 Å². The first kappa shape index (κ1) is 22.3. The highest BCUT2D eigenvalue weighted by atomic mass is 16.6. The molecule has 4 N–H and O–H groups in total. The number of phenolic OH excluding ortho intramolecular Hbond substituents is 1. The minimum absolute atomic E-state index is 0.0319. The van der Waals surface area contributed by atoms with Crippen LogP contribution < -0.4 is 20.6 Å². The highest BCUT2D eigenvalue weighted by molar-refractivity contribution is 5.99. The number of hydrazone groups is 1. The second-order valence-electron chi connectivity index (χ2n) is 6.73. The Bertz CT molecular complexity index is 1330. The van der Waals surface area contributed by atoms with Crippen molar-refractivity contribution < 1.29 is 24.0 Å². The topological polar surface area (TPSA) is 176 Å². The number of ether oxygens (including phenoxy) is 2. The van der Waals surface area contributed by atoms with Crippen molar-refractivity contribution >= 4 is 17.9 Å². The number of aromatic hydroxyl groups is 1. The Balaban J connectivity index is 1.67. The van der Waals surface area contributed by atoms with Crippen LogP contribution >= 0.6 is 0 Å². The maximum Gasteiger partial charge on any atom is 0.294 e. The number of nitrogens with zero attached hydrogens (tertiary/aromatic N) is 6. The van der Waals surface area contributed by atoms with Crippen molar-refractivity contribution in [3.8, 4) is 34.3 Å². The third kappa shape index (κ3) is 4.34. The lowest BCUT2D eigenvalue weighted by atomic mass is 10.1. The number of benzene rings is 2. The normalized spacial score (nSPS) is 11.0. The molecule has 0 aliphatic rings. The molecule has 0 saturated carbocycles. The predicted molar refractivity (Wildman–Crippen MR) is 120 cm³/mol. The zero-order chi connectivity index (χ0) is 24.1. The highest BCUT2D eigenvalue weighted by Gasteiger charge is 2.25. The van der Waals surface area contributed by atoms with Crippen LogP contribution in [0, 0.1) is 0 Å². The average molecular weight is 464 g/mol. The third-order valence-electron chi connectivity index (χ3n) is 4.64. The summed E-state index contributed by atoms with van der Waals surface area (Å²) in [6, 6.07) is 11.8. The van der Waals surface area contributed by atoms with E-state index < -0.39 is 5.91 Å². The van der Waals surface area contributed by atoms with Crippen molar-refractivity contribution in [3.63, 3.8) is 0 Å². The molecule has 0 atom stereocenters. The van der Waals surface area contributed by atoms with Gasteiger partial charge in [-0.2, -0.15) is 9.78 Å². The molecule has 0 spiro atoms. The summed E-state index contributed by atoms with van der Waals surface area (Å²) >= 11 is 0. The first-order chi connectivity index (χ1) is 16.5. The lowest BCUT2D eigenvalue weighted by Gasteiger charge is -2.08. The van der Waals surface area contributed by atoms with Gasteiger partial charge >= 0.3 is 0 Å². The van der Waals surface area contributed by atoms with E-state index >= 15 is 0 Å². The van der Waals surface area contributed by atoms with E-state index in [1.54, 1.807) is 42.5 Å². The molecule has 2 aromatic heterocycles. The van der Waals surface area contributed by atoms with Crippen molar-refractivity contribution in [2.24, 2.45) is 5.10 Å². The molecule has 0 fully saturated rings. The molecule has 2 heterocycles. The number of carbonyl (C=O) groups excluding carboxylic acids is 1. The van der Waals surface area contributed by atoms with Gasteiger partial charge < -0.3 is 20.3 Å². The molecule has 0 aliphatic heterocycles. The van der Waals surface area contributed by atoms with Gasteiger partial charge in [0.05, 0.1) is 19.9 Å². The Labute approximate surface area is 192 Å². The van der Waals surface area contributed by atoms with Crippen LogP contribution in [0.3, 0.4) is 0 Å². The van der Waals surface area contributed by atoms with E-state index in [0.717, 1.165) is 0 Å². The van der Waals surface area contributed by atoms with Gasteiger partial charge in [0, 0.05) is 11.1 Å². The zero-order valence-corrected chi connectivity index (χ0v) is 18.2. The average Bonchev–Trinajstić information content (AvgIpc) is 3.47. The fourth-order valence-corrected chi connectivity index (χ4v) is 3.08. The summed E-state index contributed by atoms with van der Waals surface area (Å²) in [6.45, 7) is 2.38. The monoisotopic (exact) mass is 464 g/mol. The second kappa shape index (κ2) is 9.68. The molecule has 34 heavy (non-hydrogen) atoms. The number of anilines is 1. The lowest BCUT2D eigenvalue weighted by Crippen LogP contribution is -2.19. The number of carbonyl (C=O) groups is 1. The Kier molecular flexibility index (Phi) is 6.34. The number of nitrogens with two attached hydrogens (primary N) is 1. The summed E-state index contributed by atoms with van der Waals surface area (Å²) < 4.78 is 16.4. The number of hydrogen-bond donors (Lipinski definition) is 3. The summed E-state index contributed by atoms with van der Waals surface area (Å²) in [4.78, 5) is 12.9. The van der Waals surface area contributed by atoms with Crippen LogP contribution in [-0.4, -0.2) is 56.3 Å². The first-order valence-corrected chi connectivity index (χ1v) is 10.00. The van der Waals surface area contributed by atoms with E-state index in [0.29, 0.717) is 23.5 Å². The standard InChI is InChI=1S/C21H20N8O5/c1-3-33-14-9-7-12(8-10-14)17-16(24-28-29(17)20-19(22)26-34-27-20)21(31)25-23-11-13-5-4-6-15(32-2)18(13)30/h4-11,30H,3H2,1-2H3,(H2,22,26)(H,25,31)/b23-11+. The predicted octanol–water partition coefficient (Wildman–Crippen LogP) is 1.78. The number of nitrogen functional groups attached to an aromatic ring is 1. The van der Waals surface area contributed by atoms with Gasteiger partial charge in [-0.1, -0.05) is 11.3 Å². The van der Waals surface area contributed by atoms with Crippen molar-refractivity contribution in [1.82, 2.24) is 30.7 Å². The molecule has 0 radical (unpaired) electrons. The van der Waals surface area contributed by atoms with Crippen molar-refractivity contribution in [1.29, 1.82) is 0 Å². The van der Waals surface area contributed by atoms with Gasteiger partial charge in [0.15, 0.2) is 17.2 Å².